The number of nitrogens with two attached hydrogens (primary N) is 1. The number of hydrogen-bond donors (Lipinski definition) is 2. The van der Waals surface area contributed by atoms with Crippen molar-refractivity contribution in [2.75, 3.05) is 14.2 Å². The second-order valence-corrected chi connectivity index (χ2v) is 7.15. The van der Waals surface area contributed by atoms with Gasteiger partial charge in [-0.3, -0.25) is 9.78 Å². The van der Waals surface area contributed by atoms with Crippen LogP contribution in [0, 0.1) is 5.41 Å². The molecule has 0 atom stereocenters. The summed E-state index contributed by atoms with van der Waals surface area (Å²) in [5.74, 6) is 0.592. The second-order valence-electron chi connectivity index (χ2n) is 7.15. The molecule has 5 nitrogen and oxygen atoms in total. The summed E-state index contributed by atoms with van der Waals surface area (Å²) in [6.45, 7) is 0. The summed E-state index contributed by atoms with van der Waals surface area (Å²) < 4.78 is 5.56. The summed E-state index contributed by atoms with van der Waals surface area (Å²) in [5, 5.41) is 3.31. The van der Waals surface area contributed by atoms with Crippen LogP contribution in [0.15, 0.2) is 42.7 Å². The Morgan fingerprint density at radius 3 is 2.65 bits per heavy atom. The van der Waals surface area contributed by atoms with Gasteiger partial charge in [-0.15, -0.1) is 0 Å². The van der Waals surface area contributed by atoms with Crippen LogP contribution < -0.4 is 15.8 Å². The molecular formula is C21H27N3O2. The van der Waals surface area contributed by atoms with Gasteiger partial charge in [-0.05, 0) is 68.5 Å². The first kappa shape index (κ1) is 18.4. The topological polar surface area (TPSA) is 77.2 Å². The van der Waals surface area contributed by atoms with Crippen LogP contribution in [-0.4, -0.2) is 31.1 Å². The van der Waals surface area contributed by atoms with Gasteiger partial charge < -0.3 is 15.8 Å². The molecule has 0 unspecified atom stereocenters. The van der Waals surface area contributed by atoms with Gasteiger partial charge in [0.25, 0.3) is 0 Å². The molecule has 1 aromatic heterocycles. The number of carbonyl (C=O) groups is 1. The van der Waals surface area contributed by atoms with E-state index in [2.05, 4.69) is 16.4 Å². The molecule has 3 N–H and O–H groups in total. The number of primary amides is 1. The minimum Gasteiger partial charge on any atom is -0.496 e. The average Bonchev–Trinajstić information content (AvgIpc) is 2.69. The first-order valence-corrected chi connectivity index (χ1v) is 9.12. The molecule has 0 radical (unpaired) electrons. The molecule has 2 aromatic rings. The van der Waals surface area contributed by atoms with E-state index in [0.29, 0.717) is 12.5 Å². The zero-order valence-corrected chi connectivity index (χ0v) is 15.5. The van der Waals surface area contributed by atoms with E-state index in [-0.39, 0.29) is 5.91 Å². The Hall–Kier alpha value is -2.40. The highest BCUT2D eigenvalue weighted by Crippen LogP contribution is 2.41. The van der Waals surface area contributed by atoms with Gasteiger partial charge in [0.05, 0.1) is 12.5 Å². The lowest BCUT2D eigenvalue weighted by Gasteiger charge is -2.38. The molecule has 1 aromatic carbocycles. The highest BCUT2D eigenvalue weighted by atomic mass is 16.5. The molecule has 3 rings (SSSR count). The zero-order valence-electron chi connectivity index (χ0n) is 15.5. The Balaban J connectivity index is 1.93. The minimum atomic E-state index is -0.506. The Bertz CT molecular complexity index is 753. The van der Waals surface area contributed by atoms with Gasteiger partial charge in [0, 0.05) is 24.0 Å². The summed E-state index contributed by atoms with van der Waals surface area (Å²) >= 11 is 0. The lowest BCUT2D eigenvalue weighted by Crippen LogP contribution is -2.45. The second kappa shape index (κ2) is 7.87. The molecule has 5 heteroatoms. The standard InChI is InChI=1S/C21H27N3O2/c1-23-18-7-9-21(10-8-18,20(22)25)13-17-12-15(5-6-19(17)26-2)16-4-3-11-24-14-16/h3-6,11-12,14,18,23H,7-10,13H2,1-2H3,(H2,22,25). The van der Waals surface area contributed by atoms with Crippen LogP contribution in [0.5, 0.6) is 5.75 Å². The number of benzene rings is 1. The predicted molar refractivity (Wildman–Crippen MR) is 103 cm³/mol. The van der Waals surface area contributed by atoms with Crippen molar-refractivity contribution in [3.05, 3.63) is 48.3 Å². The molecule has 0 aliphatic heterocycles. The highest BCUT2D eigenvalue weighted by Gasteiger charge is 2.40. The molecule has 1 amide bonds. The summed E-state index contributed by atoms with van der Waals surface area (Å²) in [5.41, 5.74) is 8.50. The zero-order chi connectivity index (χ0) is 18.6. The van der Waals surface area contributed by atoms with E-state index < -0.39 is 5.41 Å². The Kier molecular flexibility index (Phi) is 5.57. The lowest BCUT2D eigenvalue weighted by molar-refractivity contribution is -0.129. The van der Waals surface area contributed by atoms with Crippen LogP contribution in [0.1, 0.15) is 31.2 Å². The number of nitrogens with one attached hydrogen (secondary N) is 1. The third-order valence-electron chi connectivity index (χ3n) is 5.68. The fraction of sp³-hybridized carbons (Fsp3) is 0.429. The number of ether oxygens (including phenoxy) is 1. The maximum Gasteiger partial charge on any atom is 0.223 e. The first-order chi connectivity index (χ1) is 12.6. The molecule has 0 saturated heterocycles. The Morgan fingerprint density at radius 1 is 1.31 bits per heavy atom. The summed E-state index contributed by atoms with van der Waals surface area (Å²) in [7, 11) is 3.64. The maximum atomic E-state index is 12.4. The monoisotopic (exact) mass is 353 g/mol. The van der Waals surface area contributed by atoms with Gasteiger partial charge in [0.15, 0.2) is 0 Å². The van der Waals surface area contributed by atoms with Crippen molar-refractivity contribution < 1.29 is 9.53 Å². The van der Waals surface area contributed by atoms with Crippen LogP contribution >= 0.6 is 0 Å². The molecule has 1 aliphatic carbocycles. The van der Waals surface area contributed by atoms with E-state index in [9.17, 15) is 4.79 Å². The number of pyridine rings is 1. The molecule has 1 fully saturated rings. The van der Waals surface area contributed by atoms with Crippen molar-refractivity contribution in [2.45, 2.75) is 38.1 Å². The molecule has 1 heterocycles. The smallest absolute Gasteiger partial charge is 0.223 e. The van der Waals surface area contributed by atoms with Gasteiger partial charge in [-0.1, -0.05) is 12.1 Å². The number of methoxy groups -OCH3 is 1. The quantitative estimate of drug-likeness (QED) is 0.837. The highest BCUT2D eigenvalue weighted by molar-refractivity contribution is 5.81. The van der Waals surface area contributed by atoms with Crippen LogP contribution in [0.3, 0.4) is 0 Å². The fourth-order valence-corrected chi connectivity index (χ4v) is 3.96. The minimum absolute atomic E-state index is 0.208. The lowest BCUT2D eigenvalue weighted by atomic mass is 9.68. The predicted octanol–water partition coefficient (Wildman–Crippen LogP) is 2.93. The van der Waals surface area contributed by atoms with Gasteiger partial charge >= 0.3 is 0 Å². The van der Waals surface area contributed by atoms with E-state index in [0.717, 1.165) is 48.1 Å². The summed E-state index contributed by atoms with van der Waals surface area (Å²) in [6, 6.07) is 10.5. The van der Waals surface area contributed by atoms with Crippen LogP contribution in [0.2, 0.25) is 0 Å². The van der Waals surface area contributed by atoms with Crippen molar-refractivity contribution in [2.24, 2.45) is 11.1 Å². The van der Waals surface area contributed by atoms with E-state index in [4.69, 9.17) is 10.5 Å². The van der Waals surface area contributed by atoms with E-state index in [1.165, 1.54) is 0 Å². The van der Waals surface area contributed by atoms with Gasteiger partial charge in [-0.25, -0.2) is 0 Å². The SMILES string of the molecule is CNC1CCC(Cc2cc(-c3cccnc3)ccc2OC)(C(N)=O)CC1. The number of aromatic nitrogens is 1. The summed E-state index contributed by atoms with van der Waals surface area (Å²) in [4.78, 5) is 16.6. The molecule has 1 aliphatic rings. The molecule has 26 heavy (non-hydrogen) atoms. The third kappa shape index (κ3) is 3.73. The normalized spacial score (nSPS) is 22.8. The van der Waals surface area contributed by atoms with Crippen LogP contribution in [0.4, 0.5) is 0 Å². The fourth-order valence-electron chi connectivity index (χ4n) is 3.96. The number of hydrogen-bond acceptors (Lipinski definition) is 4. The van der Waals surface area contributed by atoms with Crippen LogP contribution in [-0.2, 0) is 11.2 Å². The summed E-state index contributed by atoms with van der Waals surface area (Å²) in [6.07, 6.45) is 7.73. The molecule has 1 saturated carbocycles. The van der Waals surface area contributed by atoms with E-state index in [1.54, 1.807) is 13.3 Å². The largest absolute Gasteiger partial charge is 0.496 e. The van der Waals surface area contributed by atoms with Crippen molar-refractivity contribution in [3.63, 3.8) is 0 Å². The third-order valence-corrected chi connectivity index (χ3v) is 5.68. The van der Waals surface area contributed by atoms with Gasteiger partial charge in [0.1, 0.15) is 5.75 Å². The molecular weight excluding hydrogens is 326 g/mol. The number of nitrogens with zero attached hydrogens (tertiary/aromatic N) is 1. The molecule has 0 spiro atoms. The van der Waals surface area contributed by atoms with Gasteiger partial charge in [-0.2, -0.15) is 0 Å². The van der Waals surface area contributed by atoms with Crippen molar-refractivity contribution >= 4 is 5.91 Å². The number of amides is 1. The molecule has 0 bridgehead atoms. The Labute approximate surface area is 155 Å². The van der Waals surface area contributed by atoms with Crippen molar-refractivity contribution in [1.29, 1.82) is 0 Å². The maximum absolute atomic E-state index is 12.4. The Morgan fingerprint density at radius 2 is 2.08 bits per heavy atom. The first-order valence-electron chi connectivity index (χ1n) is 9.12. The van der Waals surface area contributed by atoms with E-state index in [1.807, 2.05) is 37.5 Å². The van der Waals surface area contributed by atoms with Crippen molar-refractivity contribution in [3.8, 4) is 16.9 Å². The number of rotatable bonds is 6. The number of carbonyl (C=O) groups excluding carboxylic acids is 1. The van der Waals surface area contributed by atoms with Crippen LogP contribution in [0.25, 0.3) is 11.1 Å². The van der Waals surface area contributed by atoms with Crippen molar-refractivity contribution in [1.82, 2.24) is 10.3 Å². The van der Waals surface area contributed by atoms with E-state index >= 15 is 0 Å². The van der Waals surface area contributed by atoms with Gasteiger partial charge in [0.2, 0.25) is 5.91 Å². The molecule has 138 valence electrons. The average molecular weight is 353 g/mol.